The quantitative estimate of drug-likeness (QED) is 0.373. The summed E-state index contributed by atoms with van der Waals surface area (Å²) < 4.78 is 5.29. The Balaban J connectivity index is 1.74. The zero-order valence-electron chi connectivity index (χ0n) is 20.0. The Hall–Kier alpha value is -1.83. The van der Waals surface area contributed by atoms with Crippen molar-refractivity contribution in [3.05, 3.63) is 37.8 Å². The molecular weight excluding hydrogens is 458 g/mol. The molecule has 0 atom stereocenters. The summed E-state index contributed by atoms with van der Waals surface area (Å²) in [5.74, 6) is -0.357. The number of unbranched alkanes of at least 4 members (excludes halogenated alkanes) is 1. The molecular formula is C25H36ClN3O3S. The van der Waals surface area contributed by atoms with Crippen LogP contribution in [0, 0.1) is 0 Å². The SMILES string of the molecule is CCCCC1=C(/C(CNC(=O)Nc2sc3c(c2C(=O)OCC)CCCC3)=C(\C)Cl)CCNC1. The highest BCUT2D eigenvalue weighted by molar-refractivity contribution is 7.17. The molecule has 0 fully saturated rings. The maximum absolute atomic E-state index is 12.9. The Labute approximate surface area is 206 Å². The number of anilines is 1. The van der Waals surface area contributed by atoms with Gasteiger partial charge in [0.15, 0.2) is 0 Å². The lowest BCUT2D eigenvalue weighted by Crippen LogP contribution is -2.33. The Kier molecular flexibility index (Phi) is 9.83. The third-order valence-corrected chi connectivity index (χ3v) is 7.67. The van der Waals surface area contributed by atoms with E-state index in [0.717, 1.165) is 75.6 Å². The lowest BCUT2D eigenvalue weighted by Gasteiger charge is -2.24. The van der Waals surface area contributed by atoms with Gasteiger partial charge in [0, 0.05) is 23.0 Å². The van der Waals surface area contributed by atoms with Crippen molar-refractivity contribution in [2.75, 3.05) is 31.6 Å². The first-order chi connectivity index (χ1) is 16.0. The number of amides is 2. The van der Waals surface area contributed by atoms with E-state index in [1.54, 1.807) is 6.92 Å². The number of hydrogen-bond donors (Lipinski definition) is 3. The first kappa shape index (κ1) is 25.8. The third kappa shape index (κ3) is 6.61. The molecule has 0 unspecified atom stereocenters. The van der Waals surface area contributed by atoms with E-state index in [1.807, 2.05) is 6.92 Å². The lowest BCUT2D eigenvalue weighted by molar-refractivity contribution is 0.0526. The molecule has 3 N–H and O–H groups in total. The van der Waals surface area contributed by atoms with Crippen LogP contribution in [0.2, 0.25) is 0 Å². The van der Waals surface area contributed by atoms with Crippen molar-refractivity contribution in [3.8, 4) is 0 Å². The summed E-state index contributed by atoms with van der Waals surface area (Å²) in [6.45, 7) is 8.32. The average Bonchev–Trinajstić information content (AvgIpc) is 3.16. The number of ether oxygens (including phenoxy) is 1. The molecule has 1 aromatic rings. The Morgan fingerprint density at radius 2 is 1.97 bits per heavy atom. The highest BCUT2D eigenvalue weighted by Crippen LogP contribution is 2.38. The smallest absolute Gasteiger partial charge is 0.341 e. The van der Waals surface area contributed by atoms with Crippen LogP contribution in [0.4, 0.5) is 9.80 Å². The molecule has 1 aliphatic carbocycles. The maximum atomic E-state index is 12.9. The second kappa shape index (κ2) is 12.6. The molecule has 0 radical (unpaired) electrons. The Morgan fingerprint density at radius 1 is 1.18 bits per heavy atom. The normalized spacial score (nSPS) is 16.7. The predicted octanol–water partition coefficient (Wildman–Crippen LogP) is 5.92. The van der Waals surface area contributed by atoms with Gasteiger partial charge in [-0.05, 0) is 82.0 Å². The van der Waals surface area contributed by atoms with Gasteiger partial charge in [0.05, 0.1) is 12.2 Å². The molecule has 1 aliphatic heterocycles. The molecule has 2 amide bonds. The van der Waals surface area contributed by atoms with Gasteiger partial charge in [-0.15, -0.1) is 11.3 Å². The Bertz CT molecular complexity index is 932. The predicted molar refractivity (Wildman–Crippen MR) is 137 cm³/mol. The molecule has 0 spiro atoms. The number of rotatable bonds is 9. The van der Waals surface area contributed by atoms with Crippen LogP contribution in [0.1, 0.15) is 80.1 Å². The minimum absolute atomic E-state index is 0.308. The second-order valence-corrected chi connectivity index (χ2v) is 10.2. The zero-order chi connectivity index (χ0) is 23.8. The fourth-order valence-electron chi connectivity index (χ4n) is 4.56. The van der Waals surface area contributed by atoms with E-state index in [-0.39, 0.29) is 12.0 Å². The average molecular weight is 494 g/mol. The number of urea groups is 1. The highest BCUT2D eigenvalue weighted by Gasteiger charge is 2.27. The van der Waals surface area contributed by atoms with E-state index in [2.05, 4.69) is 22.9 Å². The van der Waals surface area contributed by atoms with E-state index in [9.17, 15) is 9.59 Å². The fraction of sp³-hybridized carbons (Fsp3) is 0.600. The van der Waals surface area contributed by atoms with Gasteiger partial charge in [-0.1, -0.05) is 30.5 Å². The van der Waals surface area contributed by atoms with Gasteiger partial charge in [-0.2, -0.15) is 0 Å². The third-order valence-electron chi connectivity index (χ3n) is 6.23. The number of nitrogens with one attached hydrogen (secondary N) is 3. The number of thiophene rings is 1. The summed E-state index contributed by atoms with van der Waals surface area (Å²) >= 11 is 7.98. The number of halogens is 1. The molecule has 1 aromatic heterocycles. The van der Waals surface area contributed by atoms with Crippen LogP contribution < -0.4 is 16.0 Å². The number of carbonyl (C=O) groups excluding carboxylic acids is 2. The van der Waals surface area contributed by atoms with E-state index < -0.39 is 0 Å². The molecule has 33 heavy (non-hydrogen) atoms. The van der Waals surface area contributed by atoms with Crippen molar-refractivity contribution in [3.63, 3.8) is 0 Å². The summed E-state index contributed by atoms with van der Waals surface area (Å²) in [7, 11) is 0. The number of hydrogen-bond acceptors (Lipinski definition) is 5. The van der Waals surface area contributed by atoms with Gasteiger partial charge in [-0.25, -0.2) is 9.59 Å². The first-order valence-corrected chi connectivity index (χ1v) is 13.3. The fourth-order valence-corrected chi connectivity index (χ4v) is 6.01. The van der Waals surface area contributed by atoms with E-state index >= 15 is 0 Å². The summed E-state index contributed by atoms with van der Waals surface area (Å²) in [6, 6.07) is -0.334. The minimum Gasteiger partial charge on any atom is -0.462 e. The van der Waals surface area contributed by atoms with E-state index in [0.29, 0.717) is 28.7 Å². The molecule has 0 saturated heterocycles. The molecule has 6 nitrogen and oxygen atoms in total. The van der Waals surface area contributed by atoms with Gasteiger partial charge >= 0.3 is 12.0 Å². The van der Waals surface area contributed by atoms with Crippen LogP contribution in [-0.4, -0.2) is 38.2 Å². The number of aryl methyl sites for hydroxylation is 1. The van der Waals surface area contributed by atoms with E-state index in [4.69, 9.17) is 16.3 Å². The van der Waals surface area contributed by atoms with Gasteiger partial charge < -0.3 is 15.4 Å². The number of fused-ring (bicyclic) bond motifs is 1. The van der Waals surface area contributed by atoms with Crippen LogP contribution in [0.3, 0.4) is 0 Å². The van der Waals surface area contributed by atoms with Crippen LogP contribution in [0.25, 0.3) is 0 Å². The molecule has 3 rings (SSSR count). The first-order valence-electron chi connectivity index (χ1n) is 12.1. The molecule has 8 heteroatoms. The number of esters is 1. The van der Waals surface area contributed by atoms with Crippen LogP contribution in [0.15, 0.2) is 21.8 Å². The second-order valence-electron chi connectivity index (χ2n) is 8.57. The molecule has 2 heterocycles. The van der Waals surface area contributed by atoms with Gasteiger partial charge in [0.2, 0.25) is 0 Å². The van der Waals surface area contributed by atoms with Crippen molar-refractivity contribution < 1.29 is 14.3 Å². The minimum atomic E-state index is -0.357. The summed E-state index contributed by atoms with van der Waals surface area (Å²) in [5, 5.41) is 10.6. The summed E-state index contributed by atoms with van der Waals surface area (Å²) in [4.78, 5) is 26.7. The standard InChI is InChI=1S/C25H36ClN3O3S/c1-4-6-9-17-14-27-13-12-18(17)20(16(3)26)15-28-25(31)29-23-22(24(30)32-5-2)19-10-7-8-11-21(19)33-23/h27H,4-15H2,1-3H3,(H2,28,29,31)/b20-16+. The van der Waals surface area contributed by atoms with Crippen molar-refractivity contribution in [1.82, 2.24) is 10.6 Å². The van der Waals surface area contributed by atoms with Crippen molar-refractivity contribution >= 4 is 39.9 Å². The molecule has 182 valence electrons. The van der Waals surface area contributed by atoms with Crippen LogP contribution in [0.5, 0.6) is 0 Å². The van der Waals surface area contributed by atoms with Gasteiger partial charge in [0.1, 0.15) is 5.00 Å². The van der Waals surface area contributed by atoms with Crippen molar-refractivity contribution in [2.24, 2.45) is 0 Å². The monoisotopic (exact) mass is 493 g/mol. The van der Waals surface area contributed by atoms with Gasteiger partial charge in [0.25, 0.3) is 0 Å². The summed E-state index contributed by atoms with van der Waals surface area (Å²) in [6.07, 6.45) is 8.19. The molecule has 0 aromatic carbocycles. The number of carbonyl (C=O) groups is 2. The van der Waals surface area contributed by atoms with Gasteiger partial charge in [-0.3, -0.25) is 5.32 Å². The highest BCUT2D eigenvalue weighted by atomic mass is 35.5. The molecule has 0 bridgehead atoms. The summed E-state index contributed by atoms with van der Waals surface area (Å²) in [5.41, 5.74) is 5.22. The lowest BCUT2D eigenvalue weighted by atomic mass is 9.91. The zero-order valence-corrected chi connectivity index (χ0v) is 21.6. The Morgan fingerprint density at radius 3 is 2.70 bits per heavy atom. The van der Waals surface area contributed by atoms with Crippen LogP contribution in [-0.2, 0) is 17.6 Å². The van der Waals surface area contributed by atoms with E-state index in [1.165, 1.54) is 27.4 Å². The van der Waals surface area contributed by atoms with Crippen molar-refractivity contribution in [2.45, 2.75) is 72.1 Å². The molecule has 2 aliphatic rings. The van der Waals surface area contributed by atoms with Crippen LogP contribution >= 0.6 is 22.9 Å². The number of allylic oxidation sites excluding steroid dienone is 1. The largest absolute Gasteiger partial charge is 0.462 e. The topological polar surface area (TPSA) is 79.5 Å². The maximum Gasteiger partial charge on any atom is 0.341 e. The van der Waals surface area contributed by atoms with Crippen molar-refractivity contribution in [1.29, 1.82) is 0 Å². The molecule has 0 saturated carbocycles.